The number of benzene rings is 1. The standard InChI is InChI=1S/C7H4ClNO4S/c8-7-5(9-4-10)2-1-3-6(7)14(11,12)13/h1-3H,(H,11,12,13). The molecule has 5 nitrogen and oxygen atoms in total. The van der Waals surface area contributed by atoms with Crippen molar-refractivity contribution in [1.29, 1.82) is 0 Å². The van der Waals surface area contributed by atoms with E-state index in [1.54, 1.807) is 0 Å². The number of hydrogen-bond donors (Lipinski definition) is 1. The van der Waals surface area contributed by atoms with Gasteiger partial charge in [-0.05, 0) is 12.1 Å². The number of aliphatic imine (C=N–C) groups is 1. The van der Waals surface area contributed by atoms with E-state index in [1.807, 2.05) is 0 Å². The average molecular weight is 234 g/mol. The molecule has 0 aromatic heterocycles. The van der Waals surface area contributed by atoms with E-state index in [0.717, 1.165) is 6.07 Å². The Morgan fingerprint density at radius 3 is 2.57 bits per heavy atom. The highest BCUT2D eigenvalue weighted by atomic mass is 35.5. The van der Waals surface area contributed by atoms with Crippen LogP contribution in [0.4, 0.5) is 5.69 Å². The van der Waals surface area contributed by atoms with Gasteiger partial charge in [0.2, 0.25) is 6.08 Å². The molecule has 0 aliphatic rings. The van der Waals surface area contributed by atoms with Crippen LogP contribution in [-0.4, -0.2) is 19.1 Å². The molecular weight excluding hydrogens is 230 g/mol. The van der Waals surface area contributed by atoms with Crippen molar-refractivity contribution in [3.63, 3.8) is 0 Å². The van der Waals surface area contributed by atoms with Crippen molar-refractivity contribution in [3.05, 3.63) is 23.2 Å². The molecule has 0 atom stereocenters. The van der Waals surface area contributed by atoms with Gasteiger partial charge < -0.3 is 0 Å². The first-order valence-electron chi connectivity index (χ1n) is 3.30. The van der Waals surface area contributed by atoms with Crippen LogP contribution in [0.3, 0.4) is 0 Å². The smallest absolute Gasteiger partial charge is 0.282 e. The van der Waals surface area contributed by atoms with Gasteiger partial charge in [-0.2, -0.15) is 13.4 Å². The molecule has 7 heteroatoms. The molecule has 0 bridgehead atoms. The Morgan fingerprint density at radius 1 is 1.43 bits per heavy atom. The largest absolute Gasteiger partial charge is 0.296 e. The van der Waals surface area contributed by atoms with Gasteiger partial charge in [0.25, 0.3) is 10.1 Å². The lowest BCUT2D eigenvalue weighted by atomic mass is 10.3. The van der Waals surface area contributed by atoms with Crippen LogP contribution < -0.4 is 0 Å². The Morgan fingerprint density at radius 2 is 2.07 bits per heavy atom. The Bertz CT molecular complexity index is 504. The maximum atomic E-state index is 10.7. The SMILES string of the molecule is O=C=Nc1cccc(S(=O)(=O)O)c1Cl. The van der Waals surface area contributed by atoms with Crippen molar-refractivity contribution >= 4 is 33.5 Å². The topological polar surface area (TPSA) is 83.8 Å². The van der Waals surface area contributed by atoms with E-state index in [1.165, 1.54) is 18.2 Å². The first-order valence-corrected chi connectivity index (χ1v) is 5.12. The molecule has 0 fully saturated rings. The van der Waals surface area contributed by atoms with E-state index in [-0.39, 0.29) is 10.7 Å². The van der Waals surface area contributed by atoms with Gasteiger partial charge in [0, 0.05) is 0 Å². The third-order valence-corrected chi connectivity index (χ3v) is 2.79. The summed E-state index contributed by atoms with van der Waals surface area (Å²) >= 11 is 5.56. The van der Waals surface area contributed by atoms with Crippen molar-refractivity contribution in [2.75, 3.05) is 0 Å². The number of halogens is 1. The summed E-state index contributed by atoms with van der Waals surface area (Å²) in [4.78, 5) is 12.6. The van der Waals surface area contributed by atoms with Crippen molar-refractivity contribution < 1.29 is 17.8 Å². The molecule has 0 spiro atoms. The van der Waals surface area contributed by atoms with Crippen molar-refractivity contribution in [1.82, 2.24) is 0 Å². The quantitative estimate of drug-likeness (QED) is 0.477. The fourth-order valence-corrected chi connectivity index (χ4v) is 1.88. The van der Waals surface area contributed by atoms with E-state index >= 15 is 0 Å². The summed E-state index contributed by atoms with van der Waals surface area (Å²) in [6.45, 7) is 0. The molecule has 0 aliphatic heterocycles. The van der Waals surface area contributed by atoms with Gasteiger partial charge in [-0.15, -0.1) is 0 Å². The zero-order valence-electron chi connectivity index (χ0n) is 6.64. The second-order valence-electron chi connectivity index (χ2n) is 2.27. The molecule has 1 aromatic rings. The zero-order valence-corrected chi connectivity index (χ0v) is 8.21. The monoisotopic (exact) mass is 233 g/mol. The maximum absolute atomic E-state index is 10.7. The van der Waals surface area contributed by atoms with Gasteiger partial charge in [0.05, 0.1) is 10.7 Å². The highest BCUT2D eigenvalue weighted by molar-refractivity contribution is 7.86. The molecule has 1 rings (SSSR count). The summed E-state index contributed by atoms with van der Waals surface area (Å²) in [5.41, 5.74) is -0.0585. The van der Waals surface area contributed by atoms with E-state index in [4.69, 9.17) is 16.2 Å². The number of carbonyl (C=O) groups excluding carboxylic acids is 1. The molecule has 0 saturated carbocycles. The van der Waals surface area contributed by atoms with Crippen LogP contribution in [0.5, 0.6) is 0 Å². The first-order chi connectivity index (χ1) is 6.46. The van der Waals surface area contributed by atoms with E-state index < -0.39 is 15.0 Å². The zero-order chi connectivity index (χ0) is 10.8. The van der Waals surface area contributed by atoms with Crippen LogP contribution in [0, 0.1) is 0 Å². The molecule has 0 radical (unpaired) electrons. The number of hydrogen-bond acceptors (Lipinski definition) is 4. The minimum atomic E-state index is -4.40. The second-order valence-corrected chi connectivity index (χ2v) is 4.04. The van der Waals surface area contributed by atoms with Crippen LogP contribution in [0.1, 0.15) is 0 Å². The molecule has 0 saturated heterocycles. The second kappa shape index (κ2) is 3.89. The van der Waals surface area contributed by atoms with Gasteiger partial charge in [-0.1, -0.05) is 17.7 Å². The molecule has 0 unspecified atom stereocenters. The Labute approximate surface area is 84.8 Å². The lowest BCUT2D eigenvalue weighted by molar-refractivity contribution is 0.483. The van der Waals surface area contributed by atoms with Crippen LogP contribution in [0.2, 0.25) is 5.02 Å². The summed E-state index contributed by atoms with van der Waals surface area (Å²) in [5.74, 6) is 0. The first kappa shape index (κ1) is 10.9. The lowest BCUT2D eigenvalue weighted by Crippen LogP contribution is -1.98. The van der Waals surface area contributed by atoms with Crippen LogP contribution in [-0.2, 0) is 14.9 Å². The van der Waals surface area contributed by atoms with Gasteiger partial charge in [0.1, 0.15) is 4.90 Å². The van der Waals surface area contributed by atoms with E-state index in [0.29, 0.717) is 0 Å². The Kier molecular flexibility index (Phi) is 3.03. The van der Waals surface area contributed by atoms with Gasteiger partial charge in [-0.25, -0.2) is 4.79 Å². The van der Waals surface area contributed by atoms with Gasteiger partial charge >= 0.3 is 0 Å². The molecule has 1 aromatic carbocycles. The molecule has 0 amide bonds. The van der Waals surface area contributed by atoms with Crippen molar-refractivity contribution in [2.24, 2.45) is 4.99 Å². The predicted octanol–water partition coefficient (Wildman–Crippen LogP) is 1.55. The number of nitrogens with zero attached hydrogens (tertiary/aromatic N) is 1. The normalized spacial score (nSPS) is 10.7. The third-order valence-electron chi connectivity index (χ3n) is 1.39. The lowest BCUT2D eigenvalue weighted by Gasteiger charge is -2.01. The number of rotatable bonds is 2. The summed E-state index contributed by atoms with van der Waals surface area (Å²) in [6.07, 6.45) is 1.22. The van der Waals surface area contributed by atoms with Gasteiger partial charge in [0.15, 0.2) is 0 Å². The molecule has 1 N–H and O–H groups in total. The maximum Gasteiger partial charge on any atom is 0.296 e. The summed E-state index contributed by atoms with van der Waals surface area (Å²) < 4.78 is 30.2. The van der Waals surface area contributed by atoms with Crippen molar-refractivity contribution in [2.45, 2.75) is 4.90 Å². The number of isocyanates is 1. The van der Waals surface area contributed by atoms with E-state index in [2.05, 4.69) is 4.99 Å². The highest BCUT2D eigenvalue weighted by Crippen LogP contribution is 2.30. The molecule has 0 heterocycles. The summed E-state index contributed by atoms with van der Waals surface area (Å²) in [5, 5.41) is -0.307. The fourth-order valence-electron chi connectivity index (χ4n) is 0.834. The molecule has 74 valence electrons. The fraction of sp³-hybridized carbons (Fsp3) is 0. The van der Waals surface area contributed by atoms with Crippen molar-refractivity contribution in [3.8, 4) is 0 Å². The molecule has 14 heavy (non-hydrogen) atoms. The third kappa shape index (κ3) is 2.18. The van der Waals surface area contributed by atoms with E-state index in [9.17, 15) is 13.2 Å². The van der Waals surface area contributed by atoms with Gasteiger partial charge in [-0.3, -0.25) is 4.55 Å². The van der Waals surface area contributed by atoms with Crippen LogP contribution in [0.15, 0.2) is 28.1 Å². The predicted molar refractivity (Wildman–Crippen MR) is 49.0 cm³/mol. The Balaban J connectivity index is 3.50. The van der Waals surface area contributed by atoms with Crippen LogP contribution >= 0.6 is 11.6 Å². The summed E-state index contributed by atoms with van der Waals surface area (Å²) in [7, 11) is -4.40. The summed E-state index contributed by atoms with van der Waals surface area (Å²) in [6, 6.07) is 3.72. The minimum absolute atomic E-state index is 0.0585. The minimum Gasteiger partial charge on any atom is -0.282 e. The molecular formula is C7H4ClNO4S. The Hall–Kier alpha value is -1.20. The molecule has 0 aliphatic carbocycles. The highest BCUT2D eigenvalue weighted by Gasteiger charge is 2.16. The average Bonchev–Trinajstić information content (AvgIpc) is 2.07. The van der Waals surface area contributed by atoms with Crippen LogP contribution in [0.25, 0.3) is 0 Å².